The Morgan fingerprint density at radius 3 is 2.59 bits per heavy atom. The minimum Gasteiger partial charge on any atom is -0.310 e. The van der Waals surface area contributed by atoms with E-state index < -0.39 is 0 Å². The lowest BCUT2D eigenvalue weighted by Gasteiger charge is -2.14. The normalized spacial score (nSPS) is 13.0. The molecule has 1 unspecified atom stereocenters. The van der Waals surface area contributed by atoms with Crippen LogP contribution in [0.2, 0.25) is 0 Å². The molecule has 0 aliphatic heterocycles. The molecule has 17 heavy (non-hydrogen) atoms. The van der Waals surface area contributed by atoms with Gasteiger partial charge in [-0.15, -0.1) is 0 Å². The number of halogens is 1. The first-order valence-corrected chi connectivity index (χ1v) is 6.55. The van der Waals surface area contributed by atoms with Gasteiger partial charge in [0.2, 0.25) is 0 Å². The zero-order chi connectivity index (χ0) is 12.7. The number of nitrogens with one attached hydrogen (secondary N) is 1. The van der Waals surface area contributed by atoms with Gasteiger partial charge in [-0.3, -0.25) is 0 Å². The van der Waals surface area contributed by atoms with Crippen LogP contribution >= 0.6 is 0 Å². The van der Waals surface area contributed by atoms with Crippen molar-refractivity contribution in [3.05, 3.63) is 35.6 Å². The molecule has 1 atom stereocenters. The van der Waals surface area contributed by atoms with Crippen LogP contribution in [0.5, 0.6) is 0 Å². The molecule has 0 saturated carbocycles. The van der Waals surface area contributed by atoms with E-state index >= 15 is 0 Å². The molecule has 0 saturated heterocycles. The summed E-state index contributed by atoms with van der Waals surface area (Å²) >= 11 is 0. The van der Waals surface area contributed by atoms with Gasteiger partial charge >= 0.3 is 0 Å². The Morgan fingerprint density at radius 2 is 1.94 bits per heavy atom. The molecule has 0 spiro atoms. The molecule has 1 N–H and O–H groups in total. The summed E-state index contributed by atoms with van der Waals surface area (Å²) in [6.07, 6.45) is 3.73. The molecule has 1 aromatic rings. The van der Waals surface area contributed by atoms with E-state index in [1.165, 1.54) is 25.3 Å². The van der Waals surface area contributed by atoms with Crippen LogP contribution in [0.3, 0.4) is 0 Å². The smallest absolute Gasteiger partial charge is 0.123 e. The monoisotopic (exact) mass is 237 g/mol. The van der Waals surface area contributed by atoms with Crippen LogP contribution in [0.15, 0.2) is 24.3 Å². The number of rotatable bonds is 7. The highest BCUT2D eigenvalue weighted by Crippen LogP contribution is 2.09. The van der Waals surface area contributed by atoms with Crippen LogP contribution in [0.25, 0.3) is 0 Å². The summed E-state index contributed by atoms with van der Waals surface area (Å²) in [5, 5.41) is 3.43. The van der Waals surface area contributed by atoms with E-state index in [1.807, 2.05) is 6.07 Å². The second-order valence-electron chi connectivity index (χ2n) is 5.24. The van der Waals surface area contributed by atoms with Gasteiger partial charge in [-0.05, 0) is 37.0 Å². The van der Waals surface area contributed by atoms with Crippen LogP contribution in [-0.2, 0) is 6.54 Å². The van der Waals surface area contributed by atoms with Gasteiger partial charge < -0.3 is 5.32 Å². The summed E-state index contributed by atoms with van der Waals surface area (Å²) < 4.78 is 13.0. The van der Waals surface area contributed by atoms with Gasteiger partial charge in [-0.1, -0.05) is 38.8 Å². The van der Waals surface area contributed by atoms with Crippen molar-refractivity contribution in [1.82, 2.24) is 5.32 Å². The summed E-state index contributed by atoms with van der Waals surface area (Å²) in [6, 6.07) is 7.29. The van der Waals surface area contributed by atoms with Crippen molar-refractivity contribution >= 4 is 0 Å². The first kappa shape index (κ1) is 14.2. The number of hydrogen-bond acceptors (Lipinski definition) is 1. The molecule has 0 bridgehead atoms. The van der Waals surface area contributed by atoms with Gasteiger partial charge in [-0.2, -0.15) is 0 Å². The van der Waals surface area contributed by atoms with Gasteiger partial charge in [0, 0.05) is 12.6 Å². The topological polar surface area (TPSA) is 12.0 Å². The molecule has 1 nitrogen and oxygen atoms in total. The largest absolute Gasteiger partial charge is 0.310 e. The molecule has 1 aromatic carbocycles. The van der Waals surface area contributed by atoms with Crippen molar-refractivity contribution in [2.24, 2.45) is 5.92 Å². The minimum atomic E-state index is -0.156. The zero-order valence-corrected chi connectivity index (χ0v) is 11.2. The van der Waals surface area contributed by atoms with Crippen LogP contribution in [0.1, 0.15) is 45.6 Å². The average molecular weight is 237 g/mol. The Hall–Kier alpha value is -0.890. The van der Waals surface area contributed by atoms with Gasteiger partial charge in [0.1, 0.15) is 5.82 Å². The van der Waals surface area contributed by atoms with Crippen molar-refractivity contribution in [2.75, 3.05) is 0 Å². The Balaban J connectivity index is 2.21. The maximum absolute atomic E-state index is 13.0. The summed E-state index contributed by atoms with van der Waals surface area (Å²) in [6.45, 7) is 7.45. The Bertz CT molecular complexity index is 322. The molecule has 0 heterocycles. The SMILES string of the molecule is CC(C)CCCC(C)NCc1cccc(F)c1. The predicted molar refractivity (Wildman–Crippen MR) is 71.4 cm³/mol. The van der Waals surface area contributed by atoms with Crippen LogP contribution < -0.4 is 5.32 Å². The van der Waals surface area contributed by atoms with E-state index in [0.29, 0.717) is 6.04 Å². The highest BCUT2D eigenvalue weighted by Gasteiger charge is 2.03. The van der Waals surface area contributed by atoms with Gasteiger partial charge in [0.05, 0.1) is 0 Å². The molecular formula is C15H24FN. The lowest BCUT2D eigenvalue weighted by atomic mass is 10.0. The summed E-state index contributed by atoms with van der Waals surface area (Å²) in [7, 11) is 0. The molecular weight excluding hydrogens is 213 g/mol. The lowest BCUT2D eigenvalue weighted by Crippen LogP contribution is -2.25. The molecule has 0 radical (unpaired) electrons. The van der Waals surface area contributed by atoms with E-state index in [9.17, 15) is 4.39 Å². The Kier molecular flexibility index (Phi) is 6.20. The second kappa shape index (κ2) is 7.44. The van der Waals surface area contributed by atoms with Gasteiger partial charge in [-0.25, -0.2) is 4.39 Å². The van der Waals surface area contributed by atoms with Crippen molar-refractivity contribution in [3.8, 4) is 0 Å². The molecule has 0 aliphatic rings. The molecule has 0 amide bonds. The molecule has 0 fully saturated rings. The van der Waals surface area contributed by atoms with E-state index in [4.69, 9.17) is 0 Å². The Morgan fingerprint density at radius 1 is 1.18 bits per heavy atom. The van der Waals surface area contributed by atoms with E-state index in [2.05, 4.69) is 26.1 Å². The van der Waals surface area contributed by atoms with Crippen LogP contribution in [0, 0.1) is 11.7 Å². The maximum atomic E-state index is 13.0. The van der Waals surface area contributed by atoms with Crippen LogP contribution in [-0.4, -0.2) is 6.04 Å². The third kappa shape index (κ3) is 6.42. The molecule has 96 valence electrons. The van der Waals surface area contributed by atoms with Crippen molar-refractivity contribution in [3.63, 3.8) is 0 Å². The third-order valence-corrected chi connectivity index (χ3v) is 2.96. The zero-order valence-electron chi connectivity index (χ0n) is 11.2. The van der Waals surface area contributed by atoms with Crippen molar-refractivity contribution < 1.29 is 4.39 Å². The third-order valence-electron chi connectivity index (χ3n) is 2.96. The fourth-order valence-corrected chi connectivity index (χ4v) is 1.87. The van der Waals surface area contributed by atoms with Gasteiger partial charge in [0.25, 0.3) is 0 Å². The fraction of sp³-hybridized carbons (Fsp3) is 0.600. The molecule has 0 aromatic heterocycles. The molecule has 2 heteroatoms. The van der Waals surface area contributed by atoms with E-state index in [0.717, 1.165) is 18.0 Å². The summed E-state index contributed by atoms with van der Waals surface area (Å²) in [5.41, 5.74) is 1.01. The summed E-state index contributed by atoms with van der Waals surface area (Å²) in [4.78, 5) is 0. The van der Waals surface area contributed by atoms with E-state index in [-0.39, 0.29) is 5.82 Å². The molecule has 0 aliphatic carbocycles. The standard InChI is InChI=1S/C15H24FN/c1-12(2)6-4-7-13(3)17-11-14-8-5-9-15(16)10-14/h5,8-10,12-13,17H,4,6-7,11H2,1-3H3. The van der Waals surface area contributed by atoms with E-state index in [1.54, 1.807) is 12.1 Å². The predicted octanol–water partition coefficient (Wildman–Crippen LogP) is 4.13. The highest BCUT2D eigenvalue weighted by molar-refractivity contribution is 5.15. The number of benzene rings is 1. The first-order valence-electron chi connectivity index (χ1n) is 6.55. The minimum absolute atomic E-state index is 0.156. The van der Waals surface area contributed by atoms with Crippen molar-refractivity contribution in [1.29, 1.82) is 0 Å². The Labute approximate surface area is 104 Å². The quantitative estimate of drug-likeness (QED) is 0.752. The average Bonchev–Trinajstić information content (AvgIpc) is 2.26. The fourth-order valence-electron chi connectivity index (χ4n) is 1.87. The highest BCUT2D eigenvalue weighted by atomic mass is 19.1. The molecule has 1 rings (SSSR count). The van der Waals surface area contributed by atoms with Gasteiger partial charge in [0.15, 0.2) is 0 Å². The lowest BCUT2D eigenvalue weighted by molar-refractivity contribution is 0.456. The van der Waals surface area contributed by atoms with Crippen molar-refractivity contribution in [2.45, 2.75) is 52.6 Å². The van der Waals surface area contributed by atoms with Crippen LogP contribution in [0.4, 0.5) is 4.39 Å². The first-order chi connectivity index (χ1) is 8.08. The number of hydrogen-bond donors (Lipinski definition) is 1. The second-order valence-corrected chi connectivity index (χ2v) is 5.24. The maximum Gasteiger partial charge on any atom is 0.123 e. The summed E-state index contributed by atoms with van der Waals surface area (Å²) in [5.74, 6) is 0.627.